The van der Waals surface area contributed by atoms with E-state index in [4.69, 9.17) is 4.74 Å². The molecule has 2 unspecified atom stereocenters. The molecule has 35 heavy (non-hydrogen) atoms. The standard InChI is InChI=1S/C28H35N3O4/c1-3-4-16-31-26(33)18-24(27(31)21-11-13-23(35-2)14-12-21)28(34)29-22-9-7-8-20(17-22)19-30-15-6-5-10-25(30)32/h7-9,11-14,17,24,27H,3-6,10,15-16,18-19H2,1-2H3,(H,29,34). The predicted molar refractivity (Wildman–Crippen MR) is 135 cm³/mol. The maximum Gasteiger partial charge on any atom is 0.230 e. The summed E-state index contributed by atoms with van der Waals surface area (Å²) in [4.78, 5) is 42.3. The Labute approximate surface area is 207 Å². The van der Waals surface area contributed by atoms with Gasteiger partial charge in [0.15, 0.2) is 0 Å². The van der Waals surface area contributed by atoms with Gasteiger partial charge in [-0.25, -0.2) is 0 Å². The number of unbranched alkanes of at least 4 members (excludes halogenated alkanes) is 1. The van der Waals surface area contributed by atoms with Crippen LogP contribution in [0.4, 0.5) is 5.69 Å². The summed E-state index contributed by atoms with van der Waals surface area (Å²) in [6.07, 6.45) is 4.64. The number of rotatable bonds is 9. The van der Waals surface area contributed by atoms with Crippen LogP contribution >= 0.6 is 0 Å². The van der Waals surface area contributed by atoms with Crippen molar-refractivity contribution in [1.29, 1.82) is 0 Å². The number of piperidine rings is 1. The predicted octanol–water partition coefficient (Wildman–Crippen LogP) is 4.54. The van der Waals surface area contributed by atoms with E-state index >= 15 is 0 Å². The van der Waals surface area contributed by atoms with Crippen LogP contribution in [0.3, 0.4) is 0 Å². The summed E-state index contributed by atoms with van der Waals surface area (Å²) in [7, 11) is 1.62. The van der Waals surface area contributed by atoms with Gasteiger partial charge in [-0.15, -0.1) is 0 Å². The molecular formula is C28H35N3O4. The molecule has 2 saturated heterocycles. The molecule has 7 nitrogen and oxygen atoms in total. The topological polar surface area (TPSA) is 79.0 Å². The number of hydrogen-bond acceptors (Lipinski definition) is 4. The Morgan fingerprint density at radius 1 is 1.09 bits per heavy atom. The normalized spacial score (nSPS) is 20.3. The lowest BCUT2D eigenvalue weighted by molar-refractivity contribution is -0.134. The van der Waals surface area contributed by atoms with Gasteiger partial charge in [0, 0.05) is 38.2 Å². The number of nitrogens with zero attached hydrogens (tertiary/aromatic N) is 2. The van der Waals surface area contributed by atoms with Gasteiger partial charge < -0.3 is 19.9 Å². The second kappa shape index (κ2) is 11.4. The molecule has 3 amide bonds. The molecule has 0 saturated carbocycles. The molecular weight excluding hydrogens is 442 g/mol. The fourth-order valence-electron chi connectivity index (χ4n) is 5.06. The van der Waals surface area contributed by atoms with Gasteiger partial charge in [0.1, 0.15) is 5.75 Å². The molecule has 2 fully saturated rings. The lowest BCUT2D eigenvalue weighted by Crippen LogP contribution is -2.34. The number of methoxy groups -OCH3 is 1. The quantitative estimate of drug-likeness (QED) is 0.575. The SMILES string of the molecule is CCCCN1C(=O)CC(C(=O)Nc2cccc(CN3CCCCC3=O)c2)C1c1ccc(OC)cc1. The highest BCUT2D eigenvalue weighted by Crippen LogP contribution is 2.39. The number of carbonyl (C=O) groups is 3. The Kier molecular flexibility index (Phi) is 8.06. The number of nitrogens with one attached hydrogen (secondary N) is 1. The van der Waals surface area contributed by atoms with E-state index in [0.717, 1.165) is 49.1 Å². The Morgan fingerprint density at radius 3 is 2.60 bits per heavy atom. The lowest BCUT2D eigenvalue weighted by Gasteiger charge is -2.28. The molecule has 7 heteroatoms. The zero-order valence-corrected chi connectivity index (χ0v) is 20.7. The van der Waals surface area contributed by atoms with Gasteiger partial charge in [-0.05, 0) is 54.7 Å². The second-order valence-corrected chi connectivity index (χ2v) is 9.43. The third-order valence-electron chi connectivity index (χ3n) is 6.97. The van der Waals surface area contributed by atoms with E-state index in [1.807, 2.05) is 58.3 Å². The molecule has 0 bridgehead atoms. The zero-order valence-electron chi connectivity index (χ0n) is 20.7. The third-order valence-corrected chi connectivity index (χ3v) is 6.97. The highest BCUT2D eigenvalue weighted by atomic mass is 16.5. The van der Waals surface area contributed by atoms with Crippen LogP contribution in [0.1, 0.15) is 62.6 Å². The molecule has 0 aromatic heterocycles. The number of likely N-dealkylation sites (tertiary alicyclic amines) is 2. The van der Waals surface area contributed by atoms with Crippen LogP contribution in [0.5, 0.6) is 5.75 Å². The van der Waals surface area contributed by atoms with Crippen molar-refractivity contribution in [3.8, 4) is 5.75 Å². The molecule has 0 radical (unpaired) electrons. The van der Waals surface area contributed by atoms with Crippen LogP contribution in [-0.2, 0) is 20.9 Å². The average molecular weight is 478 g/mol. The van der Waals surface area contributed by atoms with E-state index in [1.165, 1.54) is 0 Å². The number of ether oxygens (including phenoxy) is 1. The first-order chi connectivity index (χ1) is 17.0. The van der Waals surface area contributed by atoms with E-state index in [9.17, 15) is 14.4 Å². The van der Waals surface area contributed by atoms with Gasteiger partial charge in [-0.3, -0.25) is 14.4 Å². The molecule has 2 aliphatic rings. The first-order valence-corrected chi connectivity index (χ1v) is 12.6. The van der Waals surface area contributed by atoms with E-state index in [2.05, 4.69) is 12.2 Å². The zero-order chi connectivity index (χ0) is 24.8. The van der Waals surface area contributed by atoms with Crippen LogP contribution in [0, 0.1) is 5.92 Å². The number of hydrogen-bond donors (Lipinski definition) is 1. The van der Waals surface area contributed by atoms with E-state index in [1.54, 1.807) is 7.11 Å². The number of amides is 3. The summed E-state index contributed by atoms with van der Waals surface area (Å²) in [6, 6.07) is 15.0. The minimum atomic E-state index is -0.486. The van der Waals surface area contributed by atoms with Gasteiger partial charge in [-0.1, -0.05) is 37.6 Å². The molecule has 2 heterocycles. The first-order valence-electron chi connectivity index (χ1n) is 12.6. The Balaban J connectivity index is 1.51. The van der Waals surface area contributed by atoms with Crippen LogP contribution in [0.2, 0.25) is 0 Å². The molecule has 2 aromatic rings. The van der Waals surface area contributed by atoms with E-state index in [-0.39, 0.29) is 30.2 Å². The summed E-state index contributed by atoms with van der Waals surface area (Å²) in [5.41, 5.74) is 2.60. The van der Waals surface area contributed by atoms with Gasteiger partial charge in [0.25, 0.3) is 0 Å². The highest BCUT2D eigenvalue weighted by molar-refractivity contribution is 5.98. The van der Waals surface area contributed by atoms with Crippen molar-refractivity contribution in [3.05, 3.63) is 59.7 Å². The fourth-order valence-corrected chi connectivity index (χ4v) is 5.06. The number of carbonyl (C=O) groups excluding carboxylic acids is 3. The Bertz CT molecular complexity index is 1050. The fraction of sp³-hybridized carbons (Fsp3) is 0.464. The highest BCUT2D eigenvalue weighted by Gasteiger charge is 2.44. The van der Waals surface area contributed by atoms with Gasteiger partial charge in [0.2, 0.25) is 17.7 Å². The minimum Gasteiger partial charge on any atom is -0.497 e. The molecule has 2 aromatic carbocycles. The van der Waals surface area contributed by atoms with Gasteiger partial charge >= 0.3 is 0 Å². The maximum atomic E-state index is 13.5. The van der Waals surface area contributed by atoms with Crippen molar-refractivity contribution in [2.45, 2.75) is 58.0 Å². The first kappa shape index (κ1) is 24.8. The van der Waals surface area contributed by atoms with E-state index < -0.39 is 5.92 Å². The molecule has 186 valence electrons. The minimum absolute atomic E-state index is 0.0109. The van der Waals surface area contributed by atoms with Gasteiger partial charge in [-0.2, -0.15) is 0 Å². The smallest absolute Gasteiger partial charge is 0.230 e. The van der Waals surface area contributed by atoms with Crippen molar-refractivity contribution >= 4 is 23.4 Å². The molecule has 0 spiro atoms. The summed E-state index contributed by atoms with van der Waals surface area (Å²) < 4.78 is 5.29. The summed E-state index contributed by atoms with van der Waals surface area (Å²) >= 11 is 0. The molecule has 2 aliphatic heterocycles. The molecule has 2 atom stereocenters. The van der Waals surface area contributed by atoms with Gasteiger partial charge in [0.05, 0.1) is 19.1 Å². The molecule has 0 aliphatic carbocycles. The molecule has 1 N–H and O–H groups in total. The van der Waals surface area contributed by atoms with Crippen LogP contribution < -0.4 is 10.1 Å². The largest absolute Gasteiger partial charge is 0.497 e. The van der Waals surface area contributed by atoms with Crippen molar-refractivity contribution < 1.29 is 19.1 Å². The summed E-state index contributed by atoms with van der Waals surface area (Å²) in [5.74, 6) is 0.286. The van der Waals surface area contributed by atoms with Crippen LogP contribution in [-0.4, -0.2) is 47.7 Å². The van der Waals surface area contributed by atoms with E-state index in [0.29, 0.717) is 25.2 Å². The van der Waals surface area contributed by atoms with Crippen molar-refractivity contribution in [3.63, 3.8) is 0 Å². The Morgan fingerprint density at radius 2 is 1.89 bits per heavy atom. The average Bonchev–Trinajstić information content (AvgIpc) is 3.20. The van der Waals surface area contributed by atoms with Crippen LogP contribution in [0.25, 0.3) is 0 Å². The monoisotopic (exact) mass is 477 g/mol. The number of anilines is 1. The van der Waals surface area contributed by atoms with Crippen molar-refractivity contribution in [2.24, 2.45) is 5.92 Å². The maximum absolute atomic E-state index is 13.5. The lowest BCUT2D eigenvalue weighted by atomic mass is 9.92. The Hall–Kier alpha value is -3.35. The number of benzene rings is 2. The summed E-state index contributed by atoms with van der Waals surface area (Å²) in [6.45, 7) is 4.05. The van der Waals surface area contributed by atoms with Crippen molar-refractivity contribution in [1.82, 2.24) is 9.80 Å². The van der Waals surface area contributed by atoms with Crippen molar-refractivity contribution in [2.75, 3.05) is 25.5 Å². The second-order valence-electron chi connectivity index (χ2n) is 9.43. The molecule has 4 rings (SSSR count). The third kappa shape index (κ3) is 5.84. The summed E-state index contributed by atoms with van der Waals surface area (Å²) in [5, 5.41) is 3.05. The van der Waals surface area contributed by atoms with Crippen LogP contribution in [0.15, 0.2) is 48.5 Å².